The van der Waals surface area contributed by atoms with E-state index in [1.807, 2.05) is 0 Å². The van der Waals surface area contributed by atoms with E-state index in [-0.39, 0.29) is 0 Å². The standard InChI is InChI=1S/C5H6ClNO2/c6-2-1-4-3-9-5(8)7-4/h1-3H2. The van der Waals surface area contributed by atoms with Gasteiger partial charge in [-0.3, -0.25) is 0 Å². The molecule has 9 heavy (non-hydrogen) atoms. The van der Waals surface area contributed by atoms with Crippen molar-refractivity contribution < 1.29 is 9.53 Å². The SMILES string of the molecule is O=C1N=C(CCCl)CO1. The second-order valence-electron chi connectivity index (χ2n) is 1.67. The van der Waals surface area contributed by atoms with Crippen LogP contribution in [0.3, 0.4) is 0 Å². The summed E-state index contributed by atoms with van der Waals surface area (Å²) in [5, 5.41) is 0. The number of halogens is 1. The molecule has 1 rings (SSSR count). The Hall–Kier alpha value is -0.570. The highest BCUT2D eigenvalue weighted by Crippen LogP contribution is 2.01. The van der Waals surface area contributed by atoms with Gasteiger partial charge in [0.15, 0.2) is 0 Å². The Morgan fingerprint density at radius 3 is 3.00 bits per heavy atom. The van der Waals surface area contributed by atoms with E-state index in [9.17, 15) is 4.79 Å². The van der Waals surface area contributed by atoms with Crippen LogP contribution in [-0.2, 0) is 4.74 Å². The molecule has 0 atom stereocenters. The number of carbonyl (C=O) groups excluding carboxylic acids is 1. The van der Waals surface area contributed by atoms with Crippen molar-refractivity contribution in [2.45, 2.75) is 6.42 Å². The molecule has 3 nitrogen and oxygen atoms in total. The Kier molecular flexibility index (Phi) is 2.05. The molecule has 1 aliphatic rings. The molecule has 4 heteroatoms. The Morgan fingerprint density at radius 1 is 1.78 bits per heavy atom. The average Bonchev–Trinajstić information content (AvgIpc) is 2.17. The summed E-state index contributed by atoms with van der Waals surface area (Å²) in [6.45, 7) is 0.325. The van der Waals surface area contributed by atoms with Crippen molar-refractivity contribution in [3.8, 4) is 0 Å². The molecule has 0 aromatic carbocycles. The molecule has 0 saturated heterocycles. The number of alkyl halides is 1. The van der Waals surface area contributed by atoms with E-state index in [0.29, 0.717) is 18.9 Å². The lowest BCUT2D eigenvalue weighted by Crippen LogP contribution is -2.00. The molecule has 0 aliphatic carbocycles. The Balaban J connectivity index is 2.42. The van der Waals surface area contributed by atoms with Crippen molar-refractivity contribution in [1.82, 2.24) is 0 Å². The summed E-state index contributed by atoms with van der Waals surface area (Å²) in [5.41, 5.74) is 0.745. The van der Waals surface area contributed by atoms with Crippen molar-refractivity contribution in [2.24, 2.45) is 4.99 Å². The van der Waals surface area contributed by atoms with Gasteiger partial charge in [0.2, 0.25) is 0 Å². The quantitative estimate of drug-likeness (QED) is 0.551. The van der Waals surface area contributed by atoms with Crippen LogP contribution in [0.4, 0.5) is 4.79 Å². The zero-order chi connectivity index (χ0) is 6.69. The summed E-state index contributed by atoms with van der Waals surface area (Å²) in [6.07, 6.45) is 0.155. The number of aliphatic imine (C=N–C) groups is 1. The Labute approximate surface area is 57.7 Å². The third-order valence-corrected chi connectivity index (χ3v) is 1.18. The fourth-order valence-electron chi connectivity index (χ4n) is 0.576. The van der Waals surface area contributed by atoms with Gasteiger partial charge in [0, 0.05) is 12.3 Å². The minimum Gasteiger partial charge on any atom is -0.442 e. The van der Waals surface area contributed by atoms with Gasteiger partial charge >= 0.3 is 6.09 Å². The first-order valence-corrected chi connectivity index (χ1v) is 3.15. The molecular weight excluding hydrogens is 142 g/mol. The number of hydrogen-bond acceptors (Lipinski definition) is 2. The Morgan fingerprint density at radius 2 is 2.56 bits per heavy atom. The zero-order valence-electron chi connectivity index (χ0n) is 4.76. The molecule has 0 fully saturated rings. The molecule has 1 heterocycles. The van der Waals surface area contributed by atoms with Gasteiger partial charge in [0.05, 0.1) is 5.71 Å². The van der Waals surface area contributed by atoms with Crippen LogP contribution in [-0.4, -0.2) is 24.3 Å². The van der Waals surface area contributed by atoms with Gasteiger partial charge in [-0.15, -0.1) is 11.6 Å². The third kappa shape index (κ3) is 1.68. The van der Waals surface area contributed by atoms with E-state index in [0.717, 1.165) is 5.71 Å². The van der Waals surface area contributed by atoms with Gasteiger partial charge in [0.1, 0.15) is 6.61 Å². The molecule has 1 amide bonds. The van der Waals surface area contributed by atoms with Crippen LogP contribution in [0.1, 0.15) is 6.42 Å². The maximum atomic E-state index is 10.3. The first-order valence-electron chi connectivity index (χ1n) is 2.62. The van der Waals surface area contributed by atoms with E-state index >= 15 is 0 Å². The topological polar surface area (TPSA) is 38.7 Å². The minimum absolute atomic E-state index is 0.325. The van der Waals surface area contributed by atoms with Crippen molar-refractivity contribution in [3.05, 3.63) is 0 Å². The van der Waals surface area contributed by atoms with Gasteiger partial charge in [-0.05, 0) is 0 Å². The molecule has 50 valence electrons. The van der Waals surface area contributed by atoms with Crippen molar-refractivity contribution >= 4 is 23.4 Å². The number of rotatable bonds is 2. The lowest BCUT2D eigenvalue weighted by Gasteiger charge is -1.89. The van der Waals surface area contributed by atoms with Crippen LogP contribution < -0.4 is 0 Å². The summed E-state index contributed by atoms with van der Waals surface area (Å²) in [7, 11) is 0. The fraction of sp³-hybridized carbons (Fsp3) is 0.600. The third-order valence-electron chi connectivity index (χ3n) is 0.995. The average molecular weight is 148 g/mol. The van der Waals surface area contributed by atoms with Gasteiger partial charge in [0.25, 0.3) is 0 Å². The van der Waals surface area contributed by atoms with E-state index < -0.39 is 6.09 Å². The van der Waals surface area contributed by atoms with Crippen LogP contribution in [0, 0.1) is 0 Å². The second-order valence-corrected chi connectivity index (χ2v) is 2.05. The molecule has 0 N–H and O–H groups in total. The largest absolute Gasteiger partial charge is 0.442 e. The molecule has 0 radical (unpaired) electrons. The number of nitrogens with zero attached hydrogens (tertiary/aromatic N) is 1. The maximum absolute atomic E-state index is 10.3. The first kappa shape index (κ1) is 6.55. The molecule has 0 bridgehead atoms. The lowest BCUT2D eigenvalue weighted by molar-refractivity contribution is 0.181. The molecule has 0 aromatic heterocycles. The summed E-state index contributed by atoms with van der Waals surface area (Å²) >= 11 is 5.38. The normalized spacial score (nSPS) is 17.4. The van der Waals surface area contributed by atoms with E-state index in [1.54, 1.807) is 0 Å². The molecule has 0 aromatic rings. The second kappa shape index (κ2) is 2.82. The molecular formula is C5H6ClNO2. The lowest BCUT2D eigenvalue weighted by atomic mass is 10.3. The van der Waals surface area contributed by atoms with Crippen LogP contribution >= 0.6 is 11.6 Å². The number of carbonyl (C=O) groups is 1. The zero-order valence-corrected chi connectivity index (χ0v) is 5.52. The minimum atomic E-state index is -0.491. The van der Waals surface area contributed by atoms with Gasteiger partial charge < -0.3 is 4.74 Å². The van der Waals surface area contributed by atoms with E-state index in [2.05, 4.69) is 9.73 Å². The summed E-state index contributed by atoms with van der Waals surface area (Å²) < 4.78 is 4.52. The molecule has 0 saturated carbocycles. The van der Waals surface area contributed by atoms with Gasteiger partial charge in [-0.2, -0.15) is 4.99 Å². The summed E-state index contributed by atoms with van der Waals surface area (Å²) in [4.78, 5) is 13.8. The highest BCUT2D eigenvalue weighted by molar-refractivity contribution is 6.19. The molecule has 0 unspecified atom stereocenters. The highest BCUT2D eigenvalue weighted by Gasteiger charge is 2.12. The van der Waals surface area contributed by atoms with Crippen LogP contribution in [0.25, 0.3) is 0 Å². The van der Waals surface area contributed by atoms with Crippen molar-refractivity contribution in [1.29, 1.82) is 0 Å². The molecule has 1 aliphatic heterocycles. The number of amides is 1. The van der Waals surface area contributed by atoms with Crippen molar-refractivity contribution in [2.75, 3.05) is 12.5 Å². The number of ether oxygens (including phenoxy) is 1. The van der Waals surface area contributed by atoms with Gasteiger partial charge in [-0.1, -0.05) is 0 Å². The molecule has 0 spiro atoms. The van der Waals surface area contributed by atoms with Crippen molar-refractivity contribution in [3.63, 3.8) is 0 Å². The summed E-state index contributed by atoms with van der Waals surface area (Å²) in [6, 6.07) is 0. The summed E-state index contributed by atoms with van der Waals surface area (Å²) in [5.74, 6) is 0.496. The highest BCUT2D eigenvalue weighted by atomic mass is 35.5. The Bertz CT molecular complexity index is 155. The maximum Gasteiger partial charge on any atom is 0.433 e. The van der Waals surface area contributed by atoms with Gasteiger partial charge in [-0.25, -0.2) is 4.79 Å². The predicted molar refractivity (Wildman–Crippen MR) is 34.1 cm³/mol. The first-order chi connectivity index (χ1) is 4.33. The fourth-order valence-corrected chi connectivity index (χ4v) is 0.794. The van der Waals surface area contributed by atoms with Crippen LogP contribution in [0.2, 0.25) is 0 Å². The predicted octanol–water partition coefficient (Wildman–Crippen LogP) is 1.21. The monoisotopic (exact) mass is 147 g/mol. The number of hydrogen-bond donors (Lipinski definition) is 0. The number of cyclic esters (lactones) is 1. The smallest absolute Gasteiger partial charge is 0.433 e. The van der Waals surface area contributed by atoms with Crippen LogP contribution in [0.5, 0.6) is 0 Å². The van der Waals surface area contributed by atoms with Crippen LogP contribution in [0.15, 0.2) is 4.99 Å². The van der Waals surface area contributed by atoms with E-state index in [4.69, 9.17) is 11.6 Å². The van der Waals surface area contributed by atoms with E-state index in [1.165, 1.54) is 0 Å².